The molecule has 136 valence electrons. The van der Waals surface area contributed by atoms with Gasteiger partial charge >= 0.3 is 0 Å². The van der Waals surface area contributed by atoms with Gasteiger partial charge < -0.3 is 9.80 Å². The van der Waals surface area contributed by atoms with Gasteiger partial charge in [0.05, 0.1) is 23.3 Å². The zero-order valence-corrected chi connectivity index (χ0v) is 16.8. The van der Waals surface area contributed by atoms with Crippen LogP contribution < -0.4 is 4.90 Å². The van der Waals surface area contributed by atoms with Crippen LogP contribution in [0.25, 0.3) is 10.2 Å². The highest BCUT2D eigenvalue weighted by Gasteiger charge is 2.23. The molecular formula is C20H23ClN3OS+. The minimum absolute atomic E-state index is 0.0481. The highest BCUT2D eigenvalue weighted by molar-refractivity contribution is 7.18. The van der Waals surface area contributed by atoms with Crippen LogP contribution in [0.3, 0.4) is 0 Å². The number of fused-ring (bicyclic) bond motifs is 1. The molecule has 2 aromatic carbocycles. The Hall–Kier alpha value is -1.95. The monoisotopic (exact) mass is 388 g/mol. The molecule has 26 heavy (non-hydrogen) atoms. The molecule has 1 unspecified atom stereocenters. The summed E-state index contributed by atoms with van der Waals surface area (Å²) < 4.78 is 1.15. The van der Waals surface area contributed by atoms with Gasteiger partial charge in [0, 0.05) is 17.6 Å². The van der Waals surface area contributed by atoms with Crippen molar-refractivity contribution in [2.45, 2.75) is 19.5 Å². The molecule has 0 aliphatic heterocycles. The van der Waals surface area contributed by atoms with E-state index < -0.39 is 0 Å². The SMILES string of the molecule is C[C@@H](c1nc2ccccc2s1)N(C)C(=O)C[NH+](C)Cc1ccccc1Cl. The molecule has 3 rings (SSSR count). The van der Waals surface area contributed by atoms with Crippen molar-refractivity contribution in [3.8, 4) is 0 Å². The average Bonchev–Trinajstić information content (AvgIpc) is 3.06. The number of rotatable bonds is 6. The van der Waals surface area contributed by atoms with Crippen molar-refractivity contribution < 1.29 is 9.69 Å². The van der Waals surface area contributed by atoms with Crippen molar-refractivity contribution in [1.82, 2.24) is 9.88 Å². The highest BCUT2D eigenvalue weighted by Crippen LogP contribution is 2.28. The molecular weight excluding hydrogens is 366 g/mol. The number of likely N-dealkylation sites (N-methyl/N-ethyl adjacent to an activating group) is 2. The minimum atomic E-state index is -0.0481. The van der Waals surface area contributed by atoms with Gasteiger partial charge in [0.15, 0.2) is 6.54 Å². The zero-order valence-electron chi connectivity index (χ0n) is 15.2. The summed E-state index contributed by atoms with van der Waals surface area (Å²) in [6.45, 7) is 3.16. The Morgan fingerprint density at radius 3 is 2.65 bits per heavy atom. The Labute approximate surface area is 163 Å². The second-order valence-electron chi connectivity index (χ2n) is 6.60. The summed E-state index contributed by atoms with van der Waals surface area (Å²) in [7, 11) is 3.86. The molecule has 0 aliphatic rings. The van der Waals surface area contributed by atoms with Crippen LogP contribution in [-0.2, 0) is 11.3 Å². The summed E-state index contributed by atoms with van der Waals surface area (Å²) in [6.07, 6.45) is 0. The van der Waals surface area contributed by atoms with E-state index in [4.69, 9.17) is 11.6 Å². The molecule has 6 heteroatoms. The zero-order chi connectivity index (χ0) is 18.7. The van der Waals surface area contributed by atoms with Crippen molar-refractivity contribution in [2.24, 2.45) is 0 Å². The van der Waals surface area contributed by atoms with E-state index in [1.807, 2.05) is 63.5 Å². The lowest BCUT2D eigenvalue weighted by atomic mass is 10.2. The first-order valence-electron chi connectivity index (χ1n) is 8.61. The molecule has 1 N–H and O–H groups in total. The molecule has 0 bridgehead atoms. The number of hydrogen-bond donors (Lipinski definition) is 1. The van der Waals surface area contributed by atoms with Crippen molar-refractivity contribution in [1.29, 1.82) is 0 Å². The van der Waals surface area contributed by atoms with Gasteiger partial charge in [0.2, 0.25) is 0 Å². The number of hydrogen-bond acceptors (Lipinski definition) is 3. The van der Waals surface area contributed by atoms with E-state index in [-0.39, 0.29) is 11.9 Å². The Kier molecular flexibility index (Phi) is 5.91. The fourth-order valence-electron chi connectivity index (χ4n) is 2.86. The van der Waals surface area contributed by atoms with Gasteiger partial charge in [-0.25, -0.2) is 4.98 Å². The summed E-state index contributed by atoms with van der Waals surface area (Å²) in [4.78, 5) is 20.3. The number of aromatic nitrogens is 1. The number of quaternary nitrogens is 1. The standard InChI is InChI=1S/C20H22ClN3OS/c1-14(20-22-17-10-6-7-11-18(17)26-20)24(3)19(25)13-23(2)12-15-8-4-5-9-16(15)21/h4-11,14H,12-13H2,1-3H3/p+1/t14-/m0/s1. The lowest BCUT2D eigenvalue weighted by Crippen LogP contribution is -3.08. The van der Waals surface area contributed by atoms with E-state index in [0.717, 1.165) is 37.3 Å². The second kappa shape index (κ2) is 8.16. The fourth-order valence-corrected chi connectivity index (χ4v) is 4.13. The topological polar surface area (TPSA) is 37.6 Å². The van der Waals surface area contributed by atoms with E-state index in [1.54, 1.807) is 16.2 Å². The molecule has 0 radical (unpaired) electrons. The molecule has 1 heterocycles. The molecule has 1 amide bonds. The maximum Gasteiger partial charge on any atom is 0.278 e. The molecule has 4 nitrogen and oxygen atoms in total. The van der Waals surface area contributed by atoms with Gasteiger partial charge in [-0.1, -0.05) is 41.9 Å². The Morgan fingerprint density at radius 2 is 1.92 bits per heavy atom. The van der Waals surface area contributed by atoms with Crippen LogP contribution >= 0.6 is 22.9 Å². The van der Waals surface area contributed by atoms with Gasteiger partial charge in [-0.3, -0.25) is 4.79 Å². The first-order chi connectivity index (χ1) is 12.5. The number of carbonyl (C=O) groups is 1. The van der Waals surface area contributed by atoms with Gasteiger partial charge in [-0.2, -0.15) is 0 Å². The number of nitrogens with zero attached hydrogens (tertiary/aromatic N) is 2. The molecule has 0 spiro atoms. The number of carbonyl (C=O) groups excluding carboxylic acids is 1. The van der Waals surface area contributed by atoms with Crippen LogP contribution in [0.4, 0.5) is 0 Å². The van der Waals surface area contributed by atoms with E-state index in [0.29, 0.717) is 6.54 Å². The first-order valence-corrected chi connectivity index (χ1v) is 9.81. The third-order valence-electron chi connectivity index (χ3n) is 4.55. The van der Waals surface area contributed by atoms with E-state index in [2.05, 4.69) is 11.1 Å². The minimum Gasteiger partial charge on any atom is -0.332 e. The summed E-state index contributed by atoms with van der Waals surface area (Å²) in [5, 5.41) is 1.71. The maximum atomic E-state index is 12.7. The molecule has 0 saturated heterocycles. The predicted molar refractivity (Wildman–Crippen MR) is 108 cm³/mol. The Balaban J connectivity index is 1.64. The summed E-state index contributed by atoms with van der Waals surface area (Å²) in [6, 6.07) is 15.8. The van der Waals surface area contributed by atoms with Crippen molar-refractivity contribution in [2.75, 3.05) is 20.6 Å². The fraction of sp³-hybridized carbons (Fsp3) is 0.300. The van der Waals surface area contributed by atoms with Gasteiger partial charge in [0.25, 0.3) is 5.91 Å². The predicted octanol–water partition coefficient (Wildman–Crippen LogP) is 3.18. The third-order valence-corrected chi connectivity index (χ3v) is 6.12. The van der Waals surface area contributed by atoms with Crippen molar-refractivity contribution >= 4 is 39.1 Å². The van der Waals surface area contributed by atoms with Crippen LogP contribution in [0.5, 0.6) is 0 Å². The number of benzene rings is 2. The molecule has 0 aliphatic carbocycles. The highest BCUT2D eigenvalue weighted by atomic mass is 35.5. The first kappa shape index (κ1) is 18.8. The van der Waals surface area contributed by atoms with E-state index >= 15 is 0 Å². The third kappa shape index (κ3) is 4.23. The average molecular weight is 389 g/mol. The second-order valence-corrected chi connectivity index (χ2v) is 8.07. The smallest absolute Gasteiger partial charge is 0.278 e. The number of amides is 1. The lowest BCUT2D eigenvalue weighted by Gasteiger charge is -2.24. The van der Waals surface area contributed by atoms with Gasteiger partial charge in [-0.05, 0) is 25.1 Å². The summed E-state index contributed by atoms with van der Waals surface area (Å²) in [5.74, 6) is 0.0984. The number of halogens is 1. The van der Waals surface area contributed by atoms with Crippen molar-refractivity contribution in [3.63, 3.8) is 0 Å². The Bertz CT molecular complexity index is 878. The number of para-hydroxylation sites is 1. The maximum absolute atomic E-state index is 12.7. The van der Waals surface area contributed by atoms with Crippen molar-refractivity contribution in [3.05, 3.63) is 64.1 Å². The summed E-state index contributed by atoms with van der Waals surface area (Å²) >= 11 is 7.87. The molecule has 2 atom stereocenters. The molecule has 1 aromatic heterocycles. The lowest BCUT2D eigenvalue weighted by molar-refractivity contribution is -0.885. The van der Waals surface area contributed by atoms with E-state index in [1.165, 1.54) is 0 Å². The molecule has 0 fully saturated rings. The normalized spacial score (nSPS) is 13.5. The number of thiazole rings is 1. The molecule has 3 aromatic rings. The van der Waals surface area contributed by atoms with Gasteiger partial charge in [0.1, 0.15) is 11.6 Å². The quantitative estimate of drug-likeness (QED) is 0.704. The van der Waals surface area contributed by atoms with Crippen LogP contribution in [0, 0.1) is 0 Å². The van der Waals surface area contributed by atoms with E-state index in [9.17, 15) is 4.79 Å². The van der Waals surface area contributed by atoms with Crippen LogP contribution in [0.2, 0.25) is 5.02 Å². The van der Waals surface area contributed by atoms with Crippen LogP contribution in [-0.4, -0.2) is 36.4 Å². The van der Waals surface area contributed by atoms with Gasteiger partial charge in [-0.15, -0.1) is 11.3 Å². The van der Waals surface area contributed by atoms with Crippen LogP contribution in [0.1, 0.15) is 23.5 Å². The number of nitrogens with one attached hydrogen (secondary N) is 1. The van der Waals surface area contributed by atoms with Crippen LogP contribution in [0.15, 0.2) is 48.5 Å². The largest absolute Gasteiger partial charge is 0.332 e. The Morgan fingerprint density at radius 1 is 1.23 bits per heavy atom. The summed E-state index contributed by atoms with van der Waals surface area (Å²) in [5.41, 5.74) is 2.04. The molecule has 0 saturated carbocycles.